The van der Waals surface area contributed by atoms with E-state index in [4.69, 9.17) is 11.6 Å². The Labute approximate surface area is 180 Å². The Kier molecular flexibility index (Phi) is 7.23. The van der Waals surface area contributed by atoms with Crippen molar-refractivity contribution < 1.29 is 9.59 Å². The monoisotopic (exact) mass is 435 g/mol. The molecule has 156 valence electrons. The quantitative estimate of drug-likeness (QED) is 0.755. The Morgan fingerprint density at radius 1 is 1.14 bits per heavy atom. The Balaban J connectivity index is 1.46. The number of hydrogen-bond acceptors (Lipinski definition) is 6. The zero-order valence-electron chi connectivity index (χ0n) is 16.9. The van der Waals surface area contributed by atoms with Crippen molar-refractivity contribution in [2.45, 2.75) is 13.5 Å². The molecule has 0 bridgehead atoms. The van der Waals surface area contributed by atoms with Gasteiger partial charge in [0.25, 0.3) is 5.91 Å². The minimum absolute atomic E-state index is 0.0997. The molecule has 3 rings (SSSR count). The minimum atomic E-state index is -0.103. The zero-order valence-corrected chi connectivity index (χ0v) is 18.5. The molecule has 9 heteroatoms. The topological polar surface area (TPSA) is 68.8 Å². The Hall–Kier alpha value is -2.00. The lowest BCUT2D eigenvalue weighted by atomic mass is 10.2. The van der Waals surface area contributed by atoms with Crippen LogP contribution in [0.2, 0.25) is 5.02 Å². The van der Waals surface area contributed by atoms with Crippen LogP contribution >= 0.6 is 22.9 Å². The van der Waals surface area contributed by atoms with Crippen LogP contribution in [0.5, 0.6) is 0 Å². The molecular formula is C20H26ClN5O2S. The molecule has 0 spiro atoms. The number of nitrogens with one attached hydrogen (secondary N) is 1. The maximum absolute atomic E-state index is 12.4. The zero-order chi connectivity index (χ0) is 21.0. The predicted octanol–water partition coefficient (Wildman–Crippen LogP) is 2.56. The Bertz CT molecular complexity index is 860. The highest BCUT2D eigenvalue weighted by molar-refractivity contribution is 7.17. The molecule has 0 atom stereocenters. The third-order valence-electron chi connectivity index (χ3n) is 4.79. The molecule has 2 heterocycles. The molecule has 1 aliphatic heterocycles. The summed E-state index contributed by atoms with van der Waals surface area (Å²) in [6.45, 7) is 6.48. The third kappa shape index (κ3) is 5.99. The number of thiazole rings is 1. The molecule has 1 aliphatic rings. The van der Waals surface area contributed by atoms with Gasteiger partial charge in [0.05, 0.1) is 12.2 Å². The summed E-state index contributed by atoms with van der Waals surface area (Å²) in [5.74, 6) is -0.203. The van der Waals surface area contributed by atoms with Gasteiger partial charge in [0.15, 0.2) is 5.13 Å². The number of anilines is 1. The standard InChI is InChI=1S/C20H26ClN5O2S/c1-14-18(19(28)24(2)3)29-20(22-14)23-17(27)13-26-10-8-25(9-11-26)12-15-4-6-16(21)7-5-15/h4-7H,8-13H2,1-3H3,(H,22,23,27). The van der Waals surface area contributed by atoms with Gasteiger partial charge in [-0.05, 0) is 24.6 Å². The number of rotatable bonds is 6. The van der Waals surface area contributed by atoms with Crippen LogP contribution in [0.25, 0.3) is 0 Å². The summed E-state index contributed by atoms with van der Waals surface area (Å²) in [6, 6.07) is 7.92. The second kappa shape index (κ2) is 9.67. The molecular weight excluding hydrogens is 410 g/mol. The molecule has 0 unspecified atom stereocenters. The van der Waals surface area contributed by atoms with Crippen LogP contribution in [0.15, 0.2) is 24.3 Å². The van der Waals surface area contributed by atoms with Crippen LogP contribution in [-0.2, 0) is 11.3 Å². The van der Waals surface area contributed by atoms with Crippen LogP contribution in [0.3, 0.4) is 0 Å². The fraction of sp³-hybridized carbons (Fsp3) is 0.450. The third-order valence-corrected chi connectivity index (χ3v) is 6.11. The first kappa shape index (κ1) is 21.7. The van der Waals surface area contributed by atoms with Crippen molar-refractivity contribution in [2.24, 2.45) is 0 Å². The Morgan fingerprint density at radius 2 is 1.76 bits per heavy atom. The highest BCUT2D eigenvalue weighted by Crippen LogP contribution is 2.23. The van der Waals surface area contributed by atoms with E-state index in [1.54, 1.807) is 21.0 Å². The van der Waals surface area contributed by atoms with Gasteiger partial charge >= 0.3 is 0 Å². The lowest BCUT2D eigenvalue weighted by molar-refractivity contribution is -0.117. The maximum Gasteiger partial charge on any atom is 0.265 e. The smallest absolute Gasteiger partial charge is 0.265 e. The largest absolute Gasteiger partial charge is 0.344 e. The second-order valence-electron chi connectivity index (χ2n) is 7.36. The van der Waals surface area contributed by atoms with Crippen molar-refractivity contribution in [3.05, 3.63) is 45.4 Å². The van der Waals surface area contributed by atoms with Gasteiger partial charge in [0.2, 0.25) is 5.91 Å². The summed E-state index contributed by atoms with van der Waals surface area (Å²) in [4.78, 5) is 35.4. The number of halogens is 1. The number of amides is 2. The summed E-state index contributed by atoms with van der Waals surface area (Å²) < 4.78 is 0. The van der Waals surface area contributed by atoms with Gasteiger partial charge < -0.3 is 10.2 Å². The van der Waals surface area contributed by atoms with Gasteiger partial charge in [-0.3, -0.25) is 19.4 Å². The number of aryl methyl sites for hydroxylation is 1. The van der Waals surface area contributed by atoms with E-state index in [2.05, 4.69) is 20.1 Å². The average Bonchev–Trinajstić information content (AvgIpc) is 3.04. The lowest BCUT2D eigenvalue weighted by Gasteiger charge is -2.34. The van der Waals surface area contributed by atoms with Crippen molar-refractivity contribution in [1.29, 1.82) is 0 Å². The maximum atomic E-state index is 12.4. The van der Waals surface area contributed by atoms with Gasteiger partial charge in [-0.1, -0.05) is 35.1 Å². The highest BCUT2D eigenvalue weighted by atomic mass is 35.5. The van der Waals surface area contributed by atoms with Crippen LogP contribution < -0.4 is 5.32 Å². The average molecular weight is 436 g/mol. The second-order valence-corrected chi connectivity index (χ2v) is 8.80. The van der Waals surface area contributed by atoms with Crippen molar-refractivity contribution in [1.82, 2.24) is 19.7 Å². The predicted molar refractivity (Wildman–Crippen MR) is 117 cm³/mol. The molecule has 0 aliphatic carbocycles. The molecule has 0 saturated carbocycles. The number of hydrogen-bond donors (Lipinski definition) is 1. The summed E-state index contributed by atoms with van der Waals surface area (Å²) in [7, 11) is 3.40. The summed E-state index contributed by atoms with van der Waals surface area (Å²) in [5.41, 5.74) is 1.88. The van der Waals surface area contributed by atoms with E-state index in [0.717, 1.165) is 37.7 Å². The van der Waals surface area contributed by atoms with Crippen LogP contribution in [0.4, 0.5) is 5.13 Å². The number of benzene rings is 1. The van der Waals surface area contributed by atoms with Crippen molar-refractivity contribution in [3.8, 4) is 0 Å². The minimum Gasteiger partial charge on any atom is -0.344 e. The van der Waals surface area contributed by atoms with E-state index in [1.807, 2.05) is 24.3 Å². The molecule has 1 saturated heterocycles. The molecule has 0 radical (unpaired) electrons. The van der Waals surface area contributed by atoms with E-state index >= 15 is 0 Å². The number of piperazine rings is 1. The fourth-order valence-corrected chi connectivity index (χ4v) is 4.30. The first-order valence-electron chi connectivity index (χ1n) is 9.50. The number of aromatic nitrogens is 1. The molecule has 2 amide bonds. The molecule has 1 aromatic carbocycles. The van der Waals surface area contributed by atoms with E-state index in [1.165, 1.54) is 21.8 Å². The van der Waals surface area contributed by atoms with E-state index < -0.39 is 0 Å². The van der Waals surface area contributed by atoms with E-state index in [0.29, 0.717) is 22.2 Å². The summed E-state index contributed by atoms with van der Waals surface area (Å²) in [5, 5.41) is 4.05. The van der Waals surface area contributed by atoms with E-state index in [9.17, 15) is 9.59 Å². The summed E-state index contributed by atoms with van der Waals surface area (Å²) >= 11 is 7.16. The SMILES string of the molecule is Cc1nc(NC(=O)CN2CCN(Cc3ccc(Cl)cc3)CC2)sc1C(=O)N(C)C. The number of nitrogens with zero attached hydrogens (tertiary/aromatic N) is 4. The molecule has 2 aromatic rings. The number of carbonyl (C=O) groups is 2. The normalized spacial score (nSPS) is 15.3. The van der Waals surface area contributed by atoms with Gasteiger partial charge in [-0.15, -0.1) is 0 Å². The summed E-state index contributed by atoms with van der Waals surface area (Å²) in [6.07, 6.45) is 0. The van der Waals surface area contributed by atoms with Crippen LogP contribution in [-0.4, -0.2) is 78.3 Å². The number of carbonyl (C=O) groups excluding carboxylic acids is 2. The Morgan fingerprint density at radius 3 is 2.38 bits per heavy atom. The molecule has 1 aromatic heterocycles. The fourth-order valence-electron chi connectivity index (χ4n) is 3.17. The van der Waals surface area contributed by atoms with Gasteiger partial charge in [0, 0.05) is 51.8 Å². The van der Waals surface area contributed by atoms with Crippen molar-refractivity contribution >= 4 is 39.9 Å². The van der Waals surface area contributed by atoms with Crippen molar-refractivity contribution in [3.63, 3.8) is 0 Å². The van der Waals surface area contributed by atoms with Gasteiger partial charge in [-0.2, -0.15) is 0 Å². The molecule has 7 nitrogen and oxygen atoms in total. The van der Waals surface area contributed by atoms with E-state index in [-0.39, 0.29) is 11.8 Å². The van der Waals surface area contributed by atoms with Crippen molar-refractivity contribution in [2.75, 3.05) is 52.1 Å². The van der Waals surface area contributed by atoms with Gasteiger partial charge in [0.1, 0.15) is 4.88 Å². The highest BCUT2D eigenvalue weighted by Gasteiger charge is 2.21. The lowest BCUT2D eigenvalue weighted by Crippen LogP contribution is -2.48. The molecule has 29 heavy (non-hydrogen) atoms. The van der Waals surface area contributed by atoms with Gasteiger partial charge in [-0.25, -0.2) is 4.98 Å². The molecule has 1 fully saturated rings. The van der Waals surface area contributed by atoms with Crippen LogP contribution in [0.1, 0.15) is 20.9 Å². The molecule has 1 N–H and O–H groups in total. The first-order chi connectivity index (χ1) is 13.8. The first-order valence-corrected chi connectivity index (χ1v) is 10.7. The van der Waals surface area contributed by atoms with Crippen LogP contribution in [0, 0.1) is 6.92 Å².